The quantitative estimate of drug-likeness (QED) is 0.585. The van der Waals surface area contributed by atoms with E-state index in [9.17, 15) is 13.2 Å². The number of nitrogens with zero attached hydrogens (tertiary/aromatic N) is 1. The van der Waals surface area contributed by atoms with E-state index in [1.165, 1.54) is 17.7 Å². The van der Waals surface area contributed by atoms with Crippen molar-refractivity contribution in [2.75, 3.05) is 10.8 Å². The second-order valence-electron chi connectivity index (χ2n) is 7.49. The van der Waals surface area contributed by atoms with Crippen molar-refractivity contribution in [2.24, 2.45) is 0 Å². The van der Waals surface area contributed by atoms with E-state index < -0.39 is 10.0 Å². The summed E-state index contributed by atoms with van der Waals surface area (Å²) in [5.74, 6) is -0.374. The standard InChI is InChI=1S/C24H23ClN2O3S/c25-21-14-6-7-16-23(21)27(31(29,30)19-11-2-1-3-12-19)17-24(28)26-22-15-8-10-18-9-4-5-13-20(18)22/h1-7,9,11-14,16,22H,8,10,15,17H2,(H,26,28). The third-order valence-corrected chi connectivity index (χ3v) is 7.54. The maximum Gasteiger partial charge on any atom is 0.264 e. The van der Waals surface area contributed by atoms with Gasteiger partial charge in [-0.1, -0.05) is 66.2 Å². The minimum Gasteiger partial charge on any atom is -0.348 e. The van der Waals surface area contributed by atoms with E-state index >= 15 is 0 Å². The van der Waals surface area contributed by atoms with Crippen molar-refractivity contribution in [3.63, 3.8) is 0 Å². The average Bonchev–Trinajstić information content (AvgIpc) is 2.79. The number of benzene rings is 3. The van der Waals surface area contributed by atoms with E-state index in [2.05, 4.69) is 11.4 Å². The lowest BCUT2D eigenvalue weighted by atomic mass is 9.88. The number of sulfonamides is 1. The van der Waals surface area contributed by atoms with Crippen LogP contribution in [0.15, 0.2) is 83.8 Å². The van der Waals surface area contributed by atoms with Crippen molar-refractivity contribution in [2.45, 2.75) is 30.2 Å². The Kier molecular flexibility index (Phi) is 6.30. The molecule has 1 aliphatic carbocycles. The van der Waals surface area contributed by atoms with Crippen LogP contribution in [0.3, 0.4) is 0 Å². The molecule has 0 saturated carbocycles. The molecule has 5 nitrogen and oxygen atoms in total. The minimum absolute atomic E-state index is 0.103. The summed E-state index contributed by atoms with van der Waals surface area (Å²) in [6, 6.07) is 22.6. The fraction of sp³-hybridized carbons (Fsp3) is 0.208. The smallest absolute Gasteiger partial charge is 0.264 e. The number of hydrogen-bond donors (Lipinski definition) is 1. The highest BCUT2D eigenvalue weighted by molar-refractivity contribution is 7.92. The molecule has 160 valence electrons. The highest BCUT2D eigenvalue weighted by Gasteiger charge is 2.30. The molecule has 1 aliphatic rings. The minimum atomic E-state index is -3.98. The zero-order chi connectivity index (χ0) is 21.8. The van der Waals surface area contributed by atoms with Gasteiger partial charge in [-0.3, -0.25) is 9.10 Å². The summed E-state index contributed by atoms with van der Waals surface area (Å²) >= 11 is 6.32. The van der Waals surface area contributed by atoms with Crippen molar-refractivity contribution in [1.29, 1.82) is 0 Å². The second kappa shape index (κ2) is 9.12. The van der Waals surface area contributed by atoms with Gasteiger partial charge in [0.2, 0.25) is 5.91 Å². The van der Waals surface area contributed by atoms with Crippen LogP contribution < -0.4 is 9.62 Å². The Balaban J connectivity index is 1.63. The summed E-state index contributed by atoms with van der Waals surface area (Å²) in [5.41, 5.74) is 2.59. The number of fused-ring (bicyclic) bond motifs is 1. The molecule has 3 aromatic carbocycles. The largest absolute Gasteiger partial charge is 0.348 e. The monoisotopic (exact) mass is 454 g/mol. The molecule has 0 radical (unpaired) electrons. The maximum atomic E-state index is 13.4. The van der Waals surface area contributed by atoms with Crippen molar-refractivity contribution >= 4 is 33.2 Å². The second-order valence-corrected chi connectivity index (χ2v) is 9.76. The number of halogens is 1. The summed E-state index contributed by atoms with van der Waals surface area (Å²) < 4.78 is 27.9. The van der Waals surface area contributed by atoms with Gasteiger partial charge in [0.15, 0.2) is 0 Å². The summed E-state index contributed by atoms with van der Waals surface area (Å²) in [5, 5.41) is 3.29. The average molecular weight is 455 g/mol. The zero-order valence-corrected chi connectivity index (χ0v) is 18.4. The molecule has 1 amide bonds. The Morgan fingerprint density at radius 3 is 2.42 bits per heavy atom. The van der Waals surface area contributed by atoms with E-state index in [0.29, 0.717) is 0 Å². The van der Waals surface area contributed by atoms with Crippen LogP contribution in [0.25, 0.3) is 0 Å². The van der Waals surface area contributed by atoms with Gasteiger partial charge in [-0.2, -0.15) is 0 Å². The molecule has 0 spiro atoms. The molecule has 0 heterocycles. The number of amides is 1. The van der Waals surface area contributed by atoms with Crippen LogP contribution in [-0.2, 0) is 21.2 Å². The summed E-state index contributed by atoms with van der Waals surface area (Å²) in [4.78, 5) is 13.1. The molecule has 1 unspecified atom stereocenters. The fourth-order valence-corrected chi connectivity index (χ4v) is 5.70. The molecule has 4 rings (SSSR count). The molecular weight excluding hydrogens is 432 g/mol. The molecule has 0 aromatic heterocycles. The molecular formula is C24H23ClN2O3S. The number of carbonyl (C=O) groups is 1. The number of rotatable bonds is 6. The Bertz CT molecular complexity index is 1180. The zero-order valence-electron chi connectivity index (χ0n) is 16.9. The van der Waals surface area contributed by atoms with Gasteiger partial charge < -0.3 is 5.32 Å². The first-order valence-corrected chi connectivity index (χ1v) is 12.0. The topological polar surface area (TPSA) is 66.5 Å². The van der Waals surface area contributed by atoms with Crippen LogP contribution in [0.2, 0.25) is 5.02 Å². The van der Waals surface area contributed by atoms with Crippen LogP contribution in [0, 0.1) is 0 Å². The van der Waals surface area contributed by atoms with Crippen molar-refractivity contribution in [1.82, 2.24) is 5.32 Å². The van der Waals surface area contributed by atoms with E-state index in [4.69, 9.17) is 11.6 Å². The SMILES string of the molecule is O=C(CN(c1ccccc1Cl)S(=O)(=O)c1ccccc1)NC1CCCc2ccccc21. The van der Waals surface area contributed by atoms with Crippen LogP contribution in [0.1, 0.15) is 30.0 Å². The van der Waals surface area contributed by atoms with E-state index in [0.717, 1.165) is 29.1 Å². The third-order valence-electron chi connectivity index (χ3n) is 5.44. The molecule has 0 bridgehead atoms. The first-order chi connectivity index (χ1) is 15.0. The lowest BCUT2D eigenvalue weighted by Gasteiger charge is -2.29. The van der Waals surface area contributed by atoms with Gasteiger partial charge in [0.25, 0.3) is 10.0 Å². The lowest BCUT2D eigenvalue weighted by Crippen LogP contribution is -2.42. The van der Waals surface area contributed by atoms with Crippen molar-refractivity contribution in [3.8, 4) is 0 Å². The van der Waals surface area contributed by atoms with Gasteiger partial charge in [0.05, 0.1) is 21.6 Å². The fourth-order valence-electron chi connectivity index (χ4n) is 3.95. The summed E-state index contributed by atoms with van der Waals surface area (Å²) in [6.45, 7) is -0.361. The highest BCUT2D eigenvalue weighted by Crippen LogP contribution is 2.32. The van der Waals surface area contributed by atoms with E-state index in [-0.39, 0.29) is 34.1 Å². The van der Waals surface area contributed by atoms with E-state index in [1.807, 2.05) is 18.2 Å². The van der Waals surface area contributed by atoms with Crippen LogP contribution in [0.4, 0.5) is 5.69 Å². The van der Waals surface area contributed by atoms with Gasteiger partial charge in [0.1, 0.15) is 6.54 Å². The van der Waals surface area contributed by atoms with Crippen molar-refractivity contribution < 1.29 is 13.2 Å². The molecule has 3 aromatic rings. The van der Waals surface area contributed by atoms with Gasteiger partial charge >= 0.3 is 0 Å². The first-order valence-electron chi connectivity index (χ1n) is 10.2. The number of aryl methyl sites for hydroxylation is 1. The van der Waals surface area contributed by atoms with Crippen LogP contribution in [-0.4, -0.2) is 20.9 Å². The van der Waals surface area contributed by atoms with Gasteiger partial charge in [-0.25, -0.2) is 8.42 Å². The maximum absolute atomic E-state index is 13.4. The first kappa shape index (κ1) is 21.4. The molecule has 0 fully saturated rings. The van der Waals surface area contributed by atoms with E-state index in [1.54, 1.807) is 42.5 Å². The van der Waals surface area contributed by atoms with Gasteiger partial charge in [0, 0.05) is 0 Å². The van der Waals surface area contributed by atoms with Crippen LogP contribution in [0.5, 0.6) is 0 Å². The Labute approximate surface area is 187 Å². The predicted molar refractivity (Wildman–Crippen MR) is 123 cm³/mol. The Hall–Kier alpha value is -2.83. The predicted octanol–water partition coefficient (Wildman–Crippen LogP) is 4.73. The normalized spacial score (nSPS) is 15.7. The lowest BCUT2D eigenvalue weighted by molar-refractivity contribution is -0.120. The Morgan fingerprint density at radius 1 is 0.968 bits per heavy atom. The van der Waals surface area contributed by atoms with Crippen LogP contribution >= 0.6 is 11.6 Å². The van der Waals surface area contributed by atoms with Gasteiger partial charge in [-0.05, 0) is 54.7 Å². The molecule has 0 aliphatic heterocycles. The highest BCUT2D eigenvalue weighted by atomic mass is 35.5. The summed E-state index contributed by atoms with van der Waals surface area (Å²) in [7, 11) is -3.98. The third kappa shape index (κ3) is 4.60. The number of para-hydroxylation sites is 1. The molecule has 7 heteroatoms. The number of carbonyl (C=O) groups excluding carboxylic acids is 1. The number of nitrogens with one attached hydrogen (secondary N) is 1. The molecule has 1 atom stereocenters. The Morgan fingerprint density at radius 2 is 1.65 bits per heavy atom. The number of anilines is 1. The molecule has 0 saturated heterocycles. The molecule has 1 N–H and O–H groups in total. The summed E-state index contributed by atoms with van der Waals surface area (Å²) in [6.07, 6.45) is 2.77. The number of hydrogen-bond acceptors (Lipinski definition) is 3. The molecule has 31 heavy (non-hydrogen) atoms. The van der Waals surface area contributed by atoms with Crippen molar-refractivity contribution in [3.05, 3.63) is 95.0 Å². The van der Waals surface area contributed by atoms with Gasteiger partial charge in [-0.15, -0.1) is 0 Å².